The fourth-order valence-corrected chi connectivity index (χ4v) is 11.5. The number of benzene rings is 3. The SMILES string of the molecule is CCCCCC12CCC(C(=O)O)(CC1)CC2.CCCCCCCCCCCCCCCCOc1ccc(CCCC(=O)O)cc1.O=C(O)CCCCCC(=O)CCCCCC(=O)CCCCCC(=O)O.O=C(O)COc1ccc(-c2ccccc2)cc1. The van der Waals surface area contributed by atoms with Gasteiger partial charge < -0.3 is 35.0 Å². The van der Waals surface area contributed by atoms with E-state index < -0.39 is 29.8 Å². The monoisotopic (exact) mass is 1210 g/mol. The topological polar surface area (TPSA) is 239 Å². The highest BCUT2D eigenvalue weighted by atomic mass is 16.5. The summed E-state index contributed by atoms with van der Waals surface area (Å²) >= 11 is 0. The molecule has 3 aromatic carbocycles. The van der Waals surface area contributed by atoms with Gasteiger partial charge in [-0.25, -0.2) is 4.79 Å². The number of hydrogen-bond acceptors (Lipinski definition) is 9. The molecule has 3 aromatic rings. The standard InChI is InChI=1S/C26H44O3.C19H32O6.C14H12O3.C14H24O2/c1-2-3-4-5-6-7-8-9-10-11-12-13-14-15-23-29-25-21-19-24(20-22-25)17-16-18-26(27)28;20-16(12-6-2-8-14-18(22)23)10-4-1-5-11-17(21)13-7-3-9-15-19(24)25;15-14(16)10-17-13-8-6-12(7-9-13)11-4-2-1-3-5-11;1-2-3-4-5-13-6-9-14(10-7-13,11-8-13)12(15)16/h19-22H,2-18,23H2,1H3,(H,27,28);1-15H2,(H,22,23)(H,24,25);1-9H,10H2,(H,15,16);2-11H2,1H3,(H,15,16). The molecule has 0 saturated heterocycles. The molecular formula is C73H112O14. The number of carboxylic acid groups (broad SMARTS) is 5. The van der Waals surface area contributed by atoms with Gasteiger partial charge in [0.15, 0.2) is 6.61 Å². The molecule has 3 aliphatic carbocycles. The van der Waals surface area contributed by atoms with Crippen LogP contribution in [0.4, 0.5) is 0 Å². The molecule has 0 atom stereocenters. The van der Waals surface area contributed by atoms with Gasteiger partial charge in [-0.15, -0.1) is 0 Å². The molecule has 0 amide bonds. The number of carbonyl (C=O) groups is 7. The fourth-order valence-electron chi connectivity index (χ4n) is 11.5. The highest BCUT2D eigenvalue weighted by Gasteiger charge is 2.52. The summed E-state index contributed by atoms with van der Waals surface area (Å²) in [5.74, 6) is -1.89. The van der Waals surface area contributed by atoms with Crippen molar-refractivity contribution in [2.45, 2.75) is 284 Å². The van der Waals surface area contributed by atoms with Gasteiger partial charge in [-0.2, -0.15) is 0 Å². The molecule has 488 valence electrons. The summed E-state index contributed by atoms with van der Waals surface area (Å²) in [5.41, 5.74) is 3.58. The van der Waals surface area contributed by atoms with Crippen molar-refractivity contribution in [3.63, 3.8) is 0 Å². The number of ketones is 2. The molecule has 0 aliphatic heterocycles. The second-order valence-corrected chi connectivity index (χ2v) is 24.5. The molecule has 0 heterocycles. The van der Waals surface area contributed by atoms with Crippen LogP contribution in [0.1, 0.15) is 283 Å². The number of unbranched alkanes of at least 4 members (excludes halogenated alkanes) is 21. The molecular weight excluding hydrogens is 1100 g/mol. The largest absolute Gasteiger partial charge is 0.494 e. The molecule has 3 aliphatic rings. The van der Waals surface area contributed by atoms with Gasteiger partial charge in [0.1, 0.15) is 23.1 Å². The van der Waals surface area contributed by atoms with E-state index >= 15 is 0 Å². The van der Waals surface area contributed by atoms with Gasteiger partial charge in [0.05, 0.1) is 12.0 Å². The Hall–Kier alpha value is -6.05. The molecule has 14 heteroatoms. The van der Waals surface area contributed by atoms with Crippen molar-refractivity contribution in [3.05, 3.63) is 84.4 Å². The van der Waals surface area contributed by atoms with Crippen LogP contribution in [0.3, 0.4) is 0 Å². The molecule has 0 unspecified atom stereocenters. The summed E-state index contributed by atoms with van der Waals surface area (Å²) in [6.45, 7) is 5.00. The van der Waals surface area contributed by atoms with Crippen molar-refractivity contribution >= 4 is 41.4 Å². The first-order chi connectivity index (χ1) is 42.0. The van der Waals surface area contributed by atoms with E-state index in [1.54, 1.807) is 12.1 Å². The van der Waals surface area contributed by atoms with Crippen molar-refractivity contribution in [1.82, 2.24) is 0 Å². The van der Waals surface area contributed by atoms with Gasteiger partial charge in [0.25, 0.3) is 0 Å². The molecule has 0 spiro atoms. The highest BCUT2D eigenvalue weighted by molar-refractivity contribution is 5.79. The third kappa shape index (κ3) is 39.5. The number of fused-ring (bicyclic) bond motifs is 3. The van der Waals surface area contributed by atoms with Crippen LogP contribution in [0.5, 0.6) is 11.5 Å². The van der Waals surface area contributed by atoms with E-state index in [0.717, 1.165) is 101 Å². The fraction of sp³-hybridized carbons (Fsp3) is 0.658. The van der Waals surface area contributed by atoms with Crippen molar-refractivity contribution in [1.29, 1.82) is 0 Å². The molecule has 87 heavy (non-hydrogen) atoms. The lowest BCUT2D eigenvalue weighted by Crippen LogP contribution is -2.45. The van der Waals surface area contributed by atoms with Crippen molar-refractivity contribution in [3.8, 4) is 22.6 Å². The normalized spacial score (nSPS) is 15.5. The maximum Gasteiger partial charge on any atom is 0.341 e. The third-order valence-corrected chi connectivity index (χ3v) is 17.1. The molecule has 3 fully saturated rings. The van der Waals surface area contributed by atoms with E-state index in [1.807, 2.05) is 66.7 Å². The zero-order valence-electron chi connectivity index (χ0n) is 53.5. The van der Waals surface area contributed by atoms with Gasteiger partial charge in [0, 0.05) is 44.9 Å². The molecule has 0 radical (unpaired) electrons. The summed E-state index contributed by atoms with van der Waals surface area (Å²) in [6.07, 6.45) is 41.8. The minimum absolute atomic E-state index is 0.168. The Morgan fingerprint density at radius 3 is 1.16 bits per heavy atom. The van der Waals surface area contributed by atoms with Crippen LogP contribution in [0.2, 0.25) is 0 Å². The lowest BCUT2D eigenvalue weighted by Gasteiger charge is -2.51. The molecule has 3 saturated carbocycles. The lowest BCUT2D eigenvalue weighted by molar-refractivity contribution is -0.159. The zero-order chi connectivity index (χ0) is 63.6. The van der Waals surface area contributed by atoms with Gasteiger partial charge in [-0.1, -0.05) is 190 Å². The number of aliphatic carboxylic acids is 5. The summed E-state index contributed by atoms with van der Waals surface area (Å²) in [6, 6.07) is 25.4. The first kappa shape index (κ1) is 77.0. The summed E-state index contributed by atoms with van der Waals surface area (Å²) in [7, 11) is 0. The van der Waals surface area contributed by atoms with Crippen LogP contribution in [0, 0.1) is 10.8 Å². The maximum atomic E-state index is 11.7. The number of carboxylic acids is 5. The quantitative estimate of drug-likeness (QED) is 0.0331. The molecule has 5 N–H and O–H groups in total. The summed E-state index contributed by atoms with van der Waals surface area (Å²) < 4.78 is 10.9. The van der Waals surface area contributed by atoms with E-state index in [9.17, 15) is 38.7 Å². The average Bonchev–Trinajstić information content (AvgIpc) is 2.11. The van der Waals surface area contributed by atoms with Crippen LogP contribution >= 0.6 is 0 Å². The summed E-state index contributed by atoms with van der Waals surface area (Å²) in [5, 5.41) is 43.5. The number of Topliss-reactive ketones (excluding diaryl/α,β-unsaturated/α-hetero) is 2. The predicted molar refractivity (Wildman–Crippen MR) is 347 cm³/mol. The van der Waals surface area contributed by atoms with Crippen LogP contribution < -0.4 is 9.47 Å². The minimum Gasteiger partial charge on any atom is -0.494 e. The first-order valence-electron chi connectivity index (χ1n) is 33.7. The third-order valence-electron chi connectivity index (χ3n) is 17.1. The molecule has 2 bridgehead atoms. The van der Waals surface area contributed by atoms with Crippen LogP contribution in [-0.4, -0.2) is 80.2 Å². The Labute approximate surface area is 522 Å². The first-order valence-corrected chi connectivity index (χ1v) is 33.7. The summed E-state index contributed by atoms with van der Waals surface area (Å²) in [4.78, 5) is 76.2. The number of hydrogen-bond donors (Lipinski definition) is 5. The molecule has 14 nitrogen and oxygen atoms in total. The number of ether oxygens (including phenoxy) is 2. The number of rotatable bonds is 47. The Balaban J connectivity index is 0.000000406. The van der Waals surface area contributed by atoms with E-state index in [1.165, 1.54) is 134 Å². The Bertz CT molecular complexity index is 2250. The zero-order valence-corrected chi connectivity index (χ0v) is 53.5. The van der Waals surface area contributed by atoms with Crippen LogP contribution in [-0.2, 0) is 40.0 Å². The van der Waals surface area contributed by atoms with E-state index in [4.69, 9.17) is 29.9 Å². The molecule has 0 aromatic heterocycles. The smallest absolute Gasteiger partial charge is 0.341 e. The molecule has 6 rings (SSSR count). The van der Waals surface area contributed by atoms with E-state index in [-0.39, 0.29) is 42.9 Å². The van der Waals surface area contributed by atoms with E-state index in [0.29, 0.717) is 56.1 Å². The van der Waals surface area contributed by atoms with Gasteiger partial charge in [-0.05, 0) is 149 Å². The number of carbonyl (C=O) groups excluding carboxylic acids is 2. The van der Waals surface area contributed by atoms with Crippen molar-refractivity contribution in [2.24, 2.45) is 10.8 Å². The Kier molecular flexibility index (Phi) is 43.3. The second kappa shape index (κ2) is 48.9. The Morgan fingerprint density at radius 1 is 0.368 bits per heavy atom. The lowest BCUT2D eigenvalue weighted by atomic mass is 9.52. The van der Waals surface area contributed by atoms with Gasteiger partial charge in [-0.3, -0.25) is 28.8 Å². The predicted octanol–water partition coefficient (Wildman–Crippen LogP) is 18.9. The van der Waals surface area contributed by atoms with E-state index in [2.05, 4.69) is 13.8 Å². The Morgan fingerprint density at radius 2 is 0.736 bits per heavy atom. The maximum absolute atomic E-state index is 11.7. The van der Waals surface area contributed by atoms with Gasteiger partial charge >= 0.3 is 29.8 Å². The van der Waals surface area contributed by atoms with Crippen molar-refractivity contribution in [2.75, 3.05) is 13.2 Å². The van der Waals surface area contributed by atoms with Crippen LogP contribution in [0.15, 0.2) is 78.9 Å². The second-order valence-electron chi connectivity index (χ2n) is 24.5. The van der Waals surface area contributed by atoms with Gasteiger partial charge in [0.2, 0.25) is 0 Å². The average molecular weight is 1210 g/mol. The number of aryl methyl sites for hydroxylation is 1. The highest BCUT2D eigenvalue weighted by Crippen LogP contribution is 2.59. The minimum atomic E-state index is -0.975. The van der Waals surface area contributed by atoms with Crippen LogP contribution in [0.25, 0.3) is 11.1 Å². The van der Waals surface area contributed by atoms with Crippen molar-refractivity contribution < 1.29 is 68.6 Å².